The number of nitrogens with one attached hydrogen (secondary N) is 1. The van der Waals surface area contributed by atoms with E-state index in [0.29, 0.717) is 31.1 Å². The molecule has 0 aliphatic carbocycles. The number of benzene rings is 1. The van der Waals surface area contributed by atoms with E-state index in [2.05, 4.69) is 28.2 Å². The smallest absolute Gasteiger partial charge is 0.223 e. The van der Waals surface area contributed by atoms with Gasteiger partial charge in [-0.25, -0.2) is 13.8 Å². The van der Waals surface area contributed by atoms with Gasteiger partial charge in [-0.1, -0.05) is 13.0 Å². The summed E-state index contributed by atoms with van der Waals surface area (Å²) in [5, 5.41) is 11.9. The number of pyridine rings is 1. The lowest BCUT2D eigenvalue weighted by Crippen LogP contribution is -2.56. The molecule has 0 spiro atoms. The van der Waals surface area contributed by atoms with Gasteiger partial charge in [0.05, 0.1) is 17.8 Å². The maximum atomic E-state index is 13.9. The van der Waals surface area contributed by atoms with E-state index in [0.717, 1.165) is 24.4 Å². The van der Waals surface area contributed by atoms with Gasteiger partial charge in [0, 0.05) is 49.9 Å². The number of carbonyl (C=O) groups excluding carboxylic acids is 1. The van der Waals surface area contributed by atoms with Gasteiger partial charge in [0.25, 0.3) is 0 Å². The van der Waals surface area contributed by atoms with Gasteiger partial charge in [0.1, 0.15) is 23.5 Å². The fourth-order valence-corrected chi connectivity index (χ4v) is 4.75. The van der Waals surface area contributed by atoms with E-state index in [1.54, 1.807) is 12.3 Å². The second-order valence-electron chi connectivity index (χ2n) is 8.50. The summed E-state index contributed by atoms with van der Waals surface area (Å²) in [6.07, 6.45) is 1.97. The van der Waals surface area contributed by atoms with Crippen molar-refractivity contribution in [3.05, 3.63) is 59.3 Å². The topological polar surface area (TPSA) is 98.3 Å². The maximum Gasteiger partial charge on any atom is 0.223 e. The lowest BCUT2D eigenvalue weighted by atomic mass is 10.0. The summed E-state index contributed by atoms with van der Waals surface area (Å²) in [6, 6.07) is 9.32. The maximum absolute atomic E-state index is 13.9. The van der Waals surface area contributed by atoms with Crippen molar-refractivity contribution >= 4 is 11.7 Å². The summed E-state index contributed by atoms with van der Waals surface area (Å²) in [5.74, 6) is -0.101. The number of hydrogen-bond acceptors (Lipinski definition) is 6. The van der Waals surface area contributed by atoms with E-state index in [-0.39, 0.29) is 30.0 Å². The molecule has 1 aromatic heterocycles. The Bertz CT molecular complexity index is 1020. The van der Waals surface area contributed by atoms with Crippen molar-refractivity contribution in [2.45, 2.75) is 38.0 Å². The number of fused-ring (bicyclic) bond motifs is 2. The summed E-state index contributed by atoms with van der Waals surface area (Å²) in [7, 11) is 0. The number of carbonyl (C=O) groups is 1. The monoisotopic (exact) mass is 440 g/mol. The third-order valence-corrected chi connectivity index (χ3v) is 6.38. The van der Waals surface area contributed by atoms with Crippen LogP contribution < -0.4 is 16.0 Å². The molecule has 0 saturated carbocycles. The summed E-state index contributed by atoms with van der Waals surface area (Å²) in [4.78, 5) is 21.4. The first-order valence-corrected chi connectivity index (χ1v) is 10.7. The molecule has 2 saturated heterocycles. The first-order chi connectivity index (χ1) is 15.4. The van der Waals surface area contributed by atoms with Crippen molar-refractivity contribution in [2.75, 3.05) is 24.5 Å². The molecule has 3 heterocycles. The van der Waals surface area contributed by atoms with Gasteiger partial charge < -0.3 is 15.5 Å². The van der Waals surface area contributed by atoms with Gasteiger partial charge in [-0.05, 0) is 30.5 Å². The molecule has 168 valence electrons. The Kier molecular flexibility index (Phi) is 6.35. The fraction of sp³-hybridized carbons (Fsp3) is 0.435. The SMILES string of the molecule is C[C@H]1CC2CN(C(=O)CCN[C@@H](N)c3ccc(F)cc3F)CC1N2c1ccc(C#N)cn1. The molecule has 9 heteroatoms. The molecule has 2 unspecified atom stereocenters. The number of nitriles is 1. The number of likely N-dealkylation sites (tertiary alicyclic amines) is 1. The van der Waals surface area contributed by atoms with Crippen molar-refractivity contribution in [1.82, 2.24) is 15.2 Å². The van der Waals surface area contributed by atoms with Crippen molar-refractivity contribution in [3.63, 3.8) is 0 Å². The quantitative estimate of drug-likeness (QED) is 0.669. The third-order valence-electron chi connectivity index (χ3n) is 6.38. The predicted octanol–water partition coefficient (Wildman–Crippen LogP) is 2.29. The zero-order valence-corrected chi connectivity index (χ0v) is 17.8. The molecule has 2 bridgehead atoms. The highest BCUT2D eigenvalue weighted by atomic mass is 19.1. The fourth-order valence-electron chi connectivity index (χ4n) is 4.75. The first-order valence-electron chi connectivity index (χ1n) is 10.7. The standard InChI is InChI=1S/C23H26F2N6O/c1-14-8-17-12-30(13-20(14)31(17)21-5-2-15(10-26)11-29-21)22(32)6-7-28-23(27)18-4-3-16(24)9-19(18)25/h2-5,9,11,14,17,20,23,28H,6-8,12-13,27H2,1H3/t14-,17?,20?,23+/m0/s1. The van der Waals surface area contributed by atoms with Crippen molar-refractivity contribution in [2.24, 2.45) is 11.7 Å². The molecule has 2 fully saturated rings. The number of nitrogens with two attached hydrogens (primary N) is 1. The number of piperazine rings is 1. The molecule has 2 aliphatic heterocycles. The Morgan fingerprint density at radius 3 is 2.81 bits per heavy atom. The zero-order chi connectivity index (χ0) is 22.8. The largest absolute Gasteiger partial charge is 0.347 e. The summed E-state index contributed by atoms with van der Waals surface area (Å²) < 4.78 is 26.9. The molecule has 7 nitrogen and oxygen atoms in total. The Morgan fingerprint density at radius 1 is 1.34 bits per heavy atom. The summed E-state index contributed by atoms with van der Waals surface area (Å²) in [5.41, 5.74) is 6.64. The number of nitrogens with zero attached hydrogens (tertiary/aromatic N) is 4. The Balaban J connectivity index is 1.33. The van der Waals surface area contributed by atoms with Crippen LogP contribution in [0.1, 0.15) is 37.1 Å². The molecular weight excluding hydrogens is 414 g/mol. The first kappa shape index (κ1) is 22.1. The minimum absolute atomic E-state index is 0.0146. The van der Waals surface area contributed by atoms with E-state index in [1.165, 1.54) is 6.07 Å². The molecule has 0 radical (unpaired) electrons. The molecule has 2 aromatic rings. The van der Waals surface area contributed by atoms with Crippen LogP contribution in [0, 0.1) is 28.9 Å². The number of halogens is 2. The molecule has 2 aliphatic rings. The van der Waals surface area contributed by atoms with Crippen LogP contribution in [0.15, 0.2) is 36.5 Å². The van der Waals surface area contributed by atoms with E-state index in [1.807, 2.05) is 11.0 Å². The number of rotatable bonds is 6. The van der Waals surface area contributed by atoms with Crippen LogP contribution >= 0.6 is 0 Å². The second kappa shape index (κ2) is 9.18. The van der Waals surface area contributed by atoms with E-state index in [9.17, 15) is 13.6 Å². The number of hydrogen-bond donors (Lipinski definition) is 2. The third kappa shape index (κ3) is 4.42. The van der Waals surface area contributed by atoms with Crippen LogP contribution in [0.5, 0.6) is 0 Å². The molecular formula is C23H26F2N6O. The van der Waals surface area contributed by atoms with Crippen LogP contribution in [0.4, 0.5) is 14.6 Å². The molecule has 1 aromatic carbocycles. The average Bonchev–Trinajstić information content (AvgIpc) is 2.97. The van der Waals surface area contributed by atoms with Crippen LogP contribution in [-0.2, 0) is 4.79 Å². The molecule has 4 atom stereocenters. The summed E-state index contributed by atoms with van der Waals surface area (Å²) in [6.45, 7) is 3.70. The highest BCUT2D eigenvalue weighted by Crippen LogP contribution is 2.37. The number of amides is 1. The highest BCUT2D eigenvalue weighted by molar-refractivity contribution is 5.77. The zero-order valence-electron chi connectivity index (χ0n) is 17.8. The van der Waals surface area contributed by atoms with Gasteiger partial charge in [-0.15, -0.1) is 0 Å². The van der Waals surface area contributed by atoms with Crippen molar-refractivity contribution < 1.29 is 13.6 Å². The van der Waals surface area contributed by atoms with E-state index >= 15 is 0 Å². The van der Waals surface area contributed by atoms with Gasteiger partial charge in [-0.3, -0.25) is 10.1 Å². The lowest BCUT2D eigenvalue weighted by molar-refractivity contribution is -0.132. The second-order valence-corrected chi connectivity index (χ2v) is 8.50. The number of aromatic nitrogens is 1. The number of anilines is 1. The van der Waals surface area contributed by atoms with Crippen molar-refractivity contribution in [1.29, 1.82) is 5.26 Å². The Morgan fingerprint density at radius 2 is 2.16 bits per heavy atom. The minimum atomic E-state index is -0.820. The van der Waals surface area contributed by atoms with Crippen LogP contribution in [-0.4, -0.2) is 47.5 Å². The molecule has 4 rings (SSSR count). The van der Waals surface area contributed by atoms with Crippen LogP contribution in [0.25, 0.3) is 0 Å². The van der Waals surface area contributed by atoms with E-state index in [4.69, 9.17) is 11.0 Å². The van der Waals surface area contributed by atoms with Gasteiger partial charge in [0.15, 0.2) is 0 Å². The lowest BCUT2D eigenvalue weighted by Gasteiger charge is -2.42. The molecule has 1 amide bonds. The predicted molar refractivity (Wildman–Crippen MR) is 115 cm³/mol. The molecule has 32 heavy (non-hydrogen) atoms. The highest BCUT2D eigenvalue weighted by Gasteiger charge is 2.45. The van der Waals surface area contributed by atoms with Gasteiger partial charge in [0.2, 0.25) is 5.91 Å². The van der Waals surface area contributed by atoms with E-state index < -0.39 is 17.8 Å². The Labute approximate surface area is 185 Å². The van der Waals surface area contributed by atoms with Gasteiger partial charge in [-0.2, -0.15) is 5.26 Å². The van der Waals surface area contributed by atoms with Gasteiger partial charge >= 0.3 is 0 Å². The van der Waals surface area contributed by atoms with Crippen molar-refractivity contribution in [3.8, 4) is 6.07 Å². The average molecular weight is 440 g/mol. The Hall–Kier alpha value is -3.09. The minimum Gasteiger partial charge on any atom is -0.347 e. The normalized spacial score (nSPS) is 23.2. The van der Waals surface area contributed by atoms with Crippen LogP contribution in [0.3, 0.4) is 0 Å². The van der Waals surface area contributed by atoms with Crippen LogP contribution in [0.2, 0.25) is 0 Å². The molecule has 3 N–H and O–H groups in total. The summed E-state index contributed by atoms with van der Waals surface area (Å²) >= 11 is 0.